The zero-order valence-electron chi connectivity index (χ0n) is 17.6. The van der Waals surface area contributed by atoms with Crippen LogP contribution in [0.3, 0.4) is 0 Å². The highest BCUT2D eigenvalue weighted by Crippen LogP contribution is 2.42. The SMILES string of the molecule is COc1cc(C#N)ccc1N1CCOc2cc(S(=O)(=O)Oc3c(F)c(F)c(F)c(F)c3F)ccc21. The smallest absolute Gasteiger partial charge is 0.339 e. The molecule has 0 atom stereocenters. The van der Waals surface area contributed by atoms with E-state index in [1.165, 1.54) is 19.2 Å². The van der Waals surface area contributed by atoms with E-state index in [1.807, 2.05) is 6.07 Å². The van der Waals surface area contributed by atoms with Gasteiger partial charge in [-0.25, -0.2) is 13.2 Å². The molecule has 7 nitrogen and oxygen atoms in total. The molecule has 1 heterocycles. The van der Waals surface area contributed by atoms with Gasteiger partial charge in [-0.15, -0.1) is 0 Å². The molecule has 0 radical (unpaired) electrons. The van der Waals surface area contributed by atoms with Crippen LogP contribution in [-0.2, 0) is 10.1 Å². The van der Waals surface area contributed by atoms with Crippen LogP contribution in [0.1, 0.15) is 5.56 Å². The second kappa shape index (κ2) is 8.95. The van der Waals surface area contributed by atoms with Crippen molar-refractivity contribution in [3.05, 3.63) is 71.0 Å². The molecule has 3 aromatic carbocycles. The Morgan fingerprint density at radius 1 is 0.943 bits per heavy atom. The van der Waals surface area contributed by atoms with Crippen molar-refractivity contribution in [1.82, 2.24) is 0 Å². The lowest BCUT2D eigenvalue weighted by atomic mass is 10.1. The third-order valence-corrected chi connectivity index (χ3v) is 6.26. The number of halogens is 5. The Hall–Kier alpha value is -4.05. The lowest BCUT2D eigenvalue weighted by molar-refractivity contribution is 0.312. The van der Waals surface area contributed by atoms with Crippen molar-refractivity contribution < 1.29 is 44.0 Å². The summed E-state index contributed by atoms with van der Waals surface area (Å²) >= 11 is 0. The molecule has 0 bridgehead atoms. The minimum atomic E-state index is -5.04. The van der Waals surface area contributed by atoms with Gasteiger partial charge in [0.05, 0.1) is 36.7 Å². The van der Waals surface area contributed by atoms with E-state index in [1.54, 1.807) is 17.0 Å². The summed E-state index contributed by atoms with van der Waals surface area (Å²) in [5.74, 6) is -13.6. The first-order chi connectivity index (χ1) is 16.6. The van der Waals surface area contributed by atoms with Crippen molar-refractivity contribution in [3.63, 3.8) is 0 Å². The van der Waals surface area contributed by atoms with Crippen LogP contribution in [0.15, 0.2) is 41.3 Å². The molecular weight excluding hydrogens is 499 g/mol. The predicted octanol–water partition coefficient (Wildman–Crippen LogP) is 4.56. The summed E-state index contributed by atoms with van der Waals surface area (Å²) in [6.07, 6.45) is 0. The van der Waals surface area contributed by atoms with E-state index >= 15 is 0 Å². The van der Waals surface area contributed by atoms with Crippen LogP contribution in [0.2, 0.25) is 0 Å². The van der Waals surface area contributed by atoms with Crippen molar-refractivity contribution in [2.75, 3.05) is 25.2 Å². The maximum atomic E-state index is 13.9. The van der Waals surface area contributed by atoms with Gasteiger partial charge in [0.25, 0.3) is 0 Å². The topological polar surface area (TPSA) is 88.9 Å². The van der Waals surface area contributed by atoms with Gasteiger partial charge >= 0.3 is 10.1 Å². The molecule has 1 aliphatic heterocycles. The van der Waals surface area contributed by atoms with Crippen LogP contribution >= 0.6 is 0 Å². The number of rotatable bonds is 5. The Labute approximate surface area is 195 Å². The number of nitriles is 1. The number of benzene rings is 3. The third kappa shape index (κ3) is 4.17. The Bertz CT molecular complexity index is 1460. The molecule has 0 unspecified atom stereocenters. The standard InChI is InChI=1S/C22H13F5N2O5S/c1-32-15-8-11(10-28)2-4-13(15)29-6-7-33-16-9-12(3-5-14(16)29)35(30,31)34-22-20(26)18(24)17(23)19(25)21(22)27/h2-5,8-9H,6-7H2,1H3. The highest BCUT2D eigenvalue weighted by molar-refractivity contribution is 7.87. The first kappa shape index (κ1) is 24.1. The molecule has 0 N–H and O–H groups in total. The van der Waals surface area contributed by atoms with Gasteiger partial charge in [-0.2, -0.15) is 22.5 Å². The second-order valence-corrected chi connectivity index (χ2v) is 8.61. The van der Waals surface area contributed by atoms with Gasteiger partial charge in [-0.05, 0) is 24.3 Å². The van der Waals surface area contributed by atoms with Crippen LogP contribution in [0.25, 0.3) is 0 Å². The summed E-state index contributed by atoms with van der Waals surface area (Å²) in [6.45, 7) is 0.417. The number of nitrogens with zero attached hydrogens (tertiary/aromatic N) is 2. The molecule has 3 aromatic rings. The summed E-state index contributed by atoms with van der Waals surface area (Å²) in [7, 11) is -3.63. The van der Waals surface area contributed by atoms with E-state index < -0.39 is 49.8 Å². The molecule has 0 saturated carbocycles. The van der Waals surface area contributed by atoms with Crippen LogP contribution in [0.5, 0.6) is 17.2 Å². The minimum absolute atomic E-state index is 0.0322. The van der Waals surface area contributed by atoms with Gasteiger partial charge in [-0.3, -0.25) is 0 Å². The maximum absolute atomic E-state index is 13.9. The molecule has 13 heteroatoms. The van der Waals surface area contributed by atoms with Gasteiger partial charge in [0.1, 0.15) is 23.0 Å². The number of fused-ring (bicyclic) bond motifs is 1. The Morgan fingerprint density at radius 2 is 1.57 bits per heavy atom. The van der Waals surface area contributed by atoms with E-state index in [4.69, 9.17) is 14.7 Å². The summed E-state index contributed by atoms with van der Waals surface area (Å²) in [4.78, 5) is 1.06. The zero-order chi connectivity index (χ0) is 25.5. The third-order valence-electron chi connectivity index (χ3n) is 5.05. The molecule has 0 aromatic heterocycles. The lowest BCUT2D eigenvalue weighted by Crippen LogP contribution is -2.29. The molecular formula is C22H13F5N2O5S. The number of methoxy groups -OCH3 is 1. The lowest BCUT2D eigenvalue weighted by Gasteiger charge is -2.32. The Morgan fingerprint density at radius 3 is 2.20 bits per heavy atom. The summed E-state index contributed by atoms with van der Waals surface area (Å²) in [5.41, 5.74) is 1.28. The molecule has 0 aliphatic carbocycles. The van der Waals surface area contributed by atoms with E-state index in [0.717, 1.165) is 12.1 Å². The van der Waals surface area contributed by atoms with Gasteiger partial charge in [0.2, 0.25) is 34.8 Å². The van der Waals surface area contributed by atoms with Gasteiger partial charge in [0, 0.05) is 12.1 Å². The largest absolute Gasteiger partial charge is 0.495 e. The number of hydrogen-bond acceptors (Lipinski definition) is 7. The van der Waals surface area contributed by atoms with Crippen LogP contribution in [0.4, 0.5) is 33.3 Å². The summed E-state index contributed by atoms with van der Waals surface area (Å²) < 4.78 is 108. The van der Waals surface area contributed by atoms with Gasteiger partial charge in [-0.1, -0.05) is 0 Å². The molecule has 0 fully saturated rings. The fourth-order valence-corrected chi connectivity index (χ4v) is 4.34. The maximum Gasteiger partial charge on any atom is 0.339 e. The van der Waals surface area contributed by atoms with Crippen LogP contribution in [-0.4, -0.2) is 28.7 Å². The van der Waals surface area contributed by atoms with E-state index in [0.29, 0.717) is 29.2 Å². The molecule has 1 aliphatic rings. The predicted molar refractivity (Wildman–Crippen MR) is 111 cm³/mol. The number of hydrogen-bond donors (Lipinski definition) is 0. The number of anilines is 2. The minimum Gasteiger partial charge on any atom is -0.495 e. The van der Waals surface area contributed by atoms with Crippen molar-refractivity contribution in [2.24, 2.45) is 0 Å². The highest BCUT2D eigenvalue weighted by atomic mass is 32.2. The molecule has 35 heavy (non-hydrogen) atoms. The fraction of sp³-hybridized carbons (Fsp3) is 0.136. The fourth-order valence-electron chi connectivity index (χ4n) is 3.39. The van der Waals surface area contributed by atoms with Crippen LogP contribution in [0, 0.1) is 40.4 Å². The van der Waals surface area contributed by atoms with E-state index in [-0.39, 0.29) is 12.4 Å². The Balaban J connectivity index is 1.72. The first-order valence-electron chi connectivity index (χ1n) is 9.67. The van der Waals surface area contributed by atoms with E-state index in [2.05, 4.69) is 4.18 Å². The van der Waals surface area contributed by atoms with Crippen LogP contribution < -0.4 is 18.6 Å². The summed E-state index contributed by atoms with van der Waals surface area (Å²) in [5, 5.41) is 9.09. The molecule has 182 valence electrons. The zero-order valence-corrected chi connectivity index (χ0v) is 18.4. The van der Waals surface area contributed by atoms with Gasteiger partial charge in [0.15, 0.2) is 0 Å². The number of ether oxygens (including phenoxy) is 2. The Kier molecular flexibility index (Phi) is 6.16. The average molecular weight is 512 g/mol. The van der Waals surface area contributed by atoms with Crippen molar-refractivity contribution in [3.8, 4) is 23.3 Å². The second-order valence-electron chi connectivity index (χ2n) is 7.06. The molecule has 0 amide bonds. The highest BCUT2D eigenvalue weighted by Gasteiger charge is 2.32. The average Bonchev–Trinajstić information content (AvgIpc) is 2.87. The van der Waals surface area contributed by atoms with E-state index in [9.17, 15) is 30.4 Å². The van der Waals surface area contributed by atoms with Gasteiger partial charge < -0.3 is 18.6 Å². The monoisotopic (exact) mass is 512 g/mol. The van der Waals surface area contributed by atoms with Crippen molar-refractivity contribution in [1.29, 1.82) is 5.26 Å². The quantitative estimate of drug-likeness (QED) is 0.214. The first-order valence-corrected chi connectivity index (χ1v) is 11.1. The molecule has 0 spiro atoms. The molecule has 0 saturated heterocycles. The molecule has 4 rings (SSSR count). The van der Waals surface area contributed by atoms with Crippen molar-refractivity contribution in [2.45, 2.75) is 4.90 Å². The van der Waals surface area contributed by atoms with Crippen molar-refractivity contribution >= 4 is 21.5 Å². The normalized spacial score (nSPS) is 13.0. The summed E-state index contributed by atoms with van der Waals surface area (Å²) in [6, 6.07) is 9.99.